The maximum absolute atomic E-state index is 7.07. The number of rotatable bonds is 7. The van der Waals surface area contributed by atoms with Crippen LogP contribution in [0.2, 0.25) is 0 Å². The van der Waals surface area contributed by atoms with Gasteiger partial charge in [0.25, 0.3) is 0 Å². The van der Waals surface area contributed by atoms with Crippen molar-refractivity contribution in [1.82, 2.24) is 4.90 Å². The Morgan fingerprint density at radius 3 is 2.69 bits per heavy atom. The van der Waals surface area contributed by atoms with Gasteiger partial charge in [-0.1, -0.05) is 0 Å². The molecule has 3 N–H and O–H groups in total. The molecule has 76 valence electrons. The minimum atomic E-state index is 0.324. The van der Waals surface area contributed by atoms with Gasteiger partial charge >= 0.3 is 0 Å². The van der Waals surface area contributed by atoms with Crippen LogP contribution in [-0.4, -0.2) is 30.9 Å². The van der Waals surface area contributed by atoms with Crippen LogP contribution < -0.4 is 5.73 Å². The SMILES string of the molecule is CN(CCCCC(=N)N)CC1CC1. The van der Waals surface area contributed by atoms with Gasteiger partial charge in [-0.3, -0.25) is 5.41 Å². The van der Waals surface area contributed by atoms with E-state index in [1.54, 1.807) is 0 Å². The summed E-state index contributed by atoms with van der Waals surface area (Å²) in [4.78, 5) is 2.40. The summed E-state index contributed by atoms with van der Waals surface area (Å²) in [5.74, 6) is 1.31. The van der Waals surface area contributed by atoms with Gasteiger partial charge in [-0.2, -0.15) is 0 Å². The quantitative estimate of drug-likeness (QED) is 0.356. The summed E-state index contributed by atoms with van der Waals surface area (Å²) < 4.78 is 0. The lowest BCUT2D eigenvalue weighted by atomic mass is 10.2. The standard InChI is InChI=1S/C10H21N3/c1-13(8-9-5-6-9)7-3-2-4-10(11)12/h9H,2-8H2,1H3,(H3,11,12). The first-order valence-corrected chi connectivity index (χ1v) is 5.20. The van der Waals surface area contributed by atoms with Crippen LogP contribution in [-0.2, 0) is 0 Å². The van der Waals surface area contributed by atoms with E-state index in [0.717, 1.165) is 25.3 Å². The average Bonchev–Trinajstić information content (AvgIpc) is 2.81. The largest absolute Gasteiger partial charge is 0.388 e. The molecule has 3 heteroatoms. The Labute approximate surface area is 80.8 Å². The van der Waals surface area contributed by atoms with E-state index in [1.807, 2.05) is 0 Å². The van der Waals surface area contributed by atoms with Crippen molar-refractivity contribution in [2.24, 2.45) is 11.7 Å². The molecule has 0 radical (unpaired) electrons. The third-order valence-corrected chi connectivity index (χ3v) is 2.50. The van der Waals surface area contributed by atoms with Crippen molar-refractivity contribution in [2.75, 3.05) is 20.1 Å². The van der Waals surface area contributed by atoms with E-state index >= 15 is 0 Å². The Balaban J connectivity index is 1.88. The smallest absolute Gasteiger partial charge is 0.0905 e. The summed E-state index contributed by atoms with van der Waals surface area (Å²) >= 11 is 0. The zero-order chi connectivity index (χ0) is 9.68. The highest BCUT2D eigenvalue weighted by Gasteiger charge is 2.22. The number of unbranched alkanes of at least 4 members (excludes halogenated alkanes) is 1. The predicted octanol–water partition coefficient (Wildman–Crippen LogP) is 1.43. The van der Waals surface area contributed by atoms with E-state index in [4.69, 9.17) is 11.1 Å². The van der Waals surface area contributed by atoms with E-state index in [1.165, 1.54) is 25.8 Å². The summed E-state index contributed by atoms with van der Waals surface area (Å²) in [7, 11) is 2.19. The van der Waals surface area contributed by atoms with Gasteiger partial charge in [-0.05, 0) is 45.2 Å². The molecule has 13 heavy (non-hydrogen) atoms. The third kappa shape index (κ3) is 5.64. The number of nitrogens with one attached hydrogen (secondary N) is 1. The van der Waals surface area contributed by atoms with Crippen molar-refractivity contribution in [3.05, 3.63) is 0 Å². The van der Waals surface area contributed by atoms with Crippen LogP contribution in [0.5, 0.6) is 0 Å². The minimum Gasteiger partial charge on any atom is -0.388 e. The highest BCUT2D eigenvalue weighted by Crippen LogP contribution is 2.29. The van der Waals surface area contributed by atoms with Crippen LogP contribution >= 0.6 is 0 Å². The molecule has 0 saturated heterocycles. The highest BCUT2D eigenvalue weighted by atomic mass is 15.1. The van der Waals surface area contributed by atoms with Crippen LogP contribution in [0.15, 0.2) is 0 Å². The molecule has 1 fully saturated rings. The maximum atomic E-state index is 7.07. The molecule has 1 aliphatic carbocycles. The minimum absolute atomic E-state index is 0.324. The van der Waals surface area contributed by atoms with Crippen molar-refractivity contribution in [2.45, 2.75) is 32.1 Å². The molecule has 1 rings (SSSR count). The van der Waals surface area contributed by atoms with Gasteiger partial charge in [0, 0.05) is 13.0 Å². The van der Waals surface area contributed by atoms with Gasteiger partial charge in [0.15, 0.2) is 0 Å². The molecule has 1 saturated carbocycles. The van der Waals surface area contributed by atoms with Gasteiger partial charge in [0.05, 0.1) is 5.84 Å². The third-order valence-electron chi connectivity index (χ3n) is 2.50. The van der Waals surface area contributed by atoms with E-state index in [2.05, 4.69) is 11.9 Å². The number of hydrogen-bond acceptors (Lipinski definition) is 2. The summed E-state index contributed by atoms with van der Waals surface area (Å²) in [6.07, 6.45) is 5.85. The van der Waals surface area contributed by atoms with E-state index in [-0.39, 0.29) is 0 Å². The monoisotopic (exact) mass is 183 g/mol. The molecule has 0 aromatic rings. The molecule has 0 aliphatic heterocycles. The van der Waals surface area contributed by atoms with Crippen molar-refractivity contribution < 1.29 is 0 Å². The van der Waals surface area contributed by atoms with Gasteiger partial charge in [0.2, 0.25) is 0 Å². The van der Waals surface area contributed by atoms with Crippen molar-refractivity contribution >= 4 is 5.84 Å². The van der Waals surface area contributed by atoms with E-state index < -0.39 is 0 Å². The molecule has 0 bridgehead atoms. The Hall–Kier alpha value is -0.570. The summed E-state index contributed by atoms with van der Waals surface area (Å²) in [6.45, 7) is 2.42. The summed E-state index contributed by atoms with van der Waals surface area (Å²) in [5, 5.41) is 7.07. The molecule has 0 heterocycles. The molecule has 0 atom stereocenters. The Morgan fingerprint density at radius 2 is 2.15 bits per heavy atom. The van der Waals surface area contributed by atoms with E-state index in [9.17, 15) is 0 Å². The van der Waals surface area contributed by atoms with Gasteiger partial charge in [0.1, 0.15) is 0 Å². The zero-order valence-corrected chi connectivity index (χ0v) is 8.55. The molecule has 1 aliphatic rings. The number of hydrogen-bond donors (Lipinski definition) is 2. The van der Waals surface area contributed by atoms with Crippen LogP contribution in [0, 0.1) is 11.3 Å². The topological polar surface area (TPSA) is 53.1 Å². The van der Waals surface area contributed by atoms with Crippen molar-refractivity contribution in [3.63, 3.8) is 0 Å². The second-order valence-corrected chi connectivity index (χ2v) is 4.19. The number of nitrogens with two attached hydrogens (primary N) is 1. The van der Waals surface area contributed by atoms with Gasteiger partial charge in [-0.15, -0.1) is 0 Å². The number of amidine groups is 1. The predicted molar refractivity (Wildman–Crippen MR) is 56.0 cm³/mol. The molecule has 0 aromatic heterocycles. The molecule has 0 aromatic carbocycles. The lowest BCUT2D eigenvalue weighted by Crippen LogP contribution is -2.22. The zero-order valence-electron chi connectivity index (χ0n) is 8.55. The molecule has 3 nitrogen and oxygen atoms in total. The fraction of sp³-hybridized carbons (Fsp3) is 0.900. The molecular weight excluding hydrogens is 162 g/mol. The van der Waals surface area contributed by atoms with Gasteiger partial charge in [-0.25, -0.2) is 0 Å². The molecule has 0 amide bonds. The van der Waals surface area contributed by atoms with Crippen LogP contribution in [0.1, 0.15) is 32.1 Å². The van der Waals surface area contributed by atoms with Crippen LogP contribution in [0.25, 0.3) is 0 Å². The maximum Gasteiger partial charge on any atom is 0.0905 e. The van der Waals surface area contributed by atoms with Crippen LogP contribution in [0.4, 0.5) is 0 Å². The lowest BCUT2D eigenvalue weighted by molar-refractivity contribution is 0.314. The first-order chi connectivity index (χ1) is 6.18. The average molecular weight is 183 g/mol. The Kier molecular flexibility index (Phi) is 4.22. The fourth-order valence-corrected chi connectivity index (χ4v) is 1.53. The second kappa shape index (κ2) is 5.22. The lowest BCUT2D eigenvalue weighted by Gasteiger charge is -2.15. The van der Waals surface area contributed by atoms with Crippen molar-refractivity contribution in [1.29, 1.82) is 5.41 Å². The van der Waals surface area contributed by atoms with E-state index in [0.29, 0.717) is 5.84 Å². The molecular formula is C10H21N3. The first-order valence-electron chi connectivity index (χ1n) is 5.20. The Bertz CT molecular complexity index is 164. The van der Waals surface area contributed by atoms with Crippen molar-refractivity contribution in [3.8, 4) is 0 Å². The molecule has 0 spiro atoms. The summed E-state index contributed by atoms with van der Waals surface area (Å²) in [6, 6.07) is 0. The fourth-order valence-electron chi connectivity index (χ4n) is 1.53. The Morgan fingerprint density at radius 1 is 1.46 bits per heavy atom. The second-order valence-electron chi connectivity index (χ2n) is 4.19. The van der Waals surface area contributed by atoms with Crippen LogP contribution in [0.3, 0.4) is 0 Å². The summed E-state index contributed by atoms with van der Waals surface area (Å²) in [5.41, 5.74) is 5.27. The first kappa shape index (κ1) is 10.5. The van der Waals surface area contributed by atoms with Gasteiger partial charge < -0.3 is 10.6 Å². The highest BCUT2D eigenvalue weighted by molar-refractivity contribution is 5.76. The molecule has 0 unspecified atom stereocenters. The number of nitrogens with zero attached hydrogens (tertiary/aromatic N) is 1. The normalized spacial score (nSPS) is 16.5.